The maximum atomic E-state index is 5.71. The summed E-state index contributed by atoms with van der Waals surface area (Å²) in [6.07, 6.45) is 2.63. The minimum atomic E-state index is 0.647. The minimum Gasteiger partial charge on any atom is -0.326 e. The zero-order valence-electron chi connectivity index (χ0n) is 11.0. The van der Waals surface area contributed by atoms with Crippen LogP contribution in [0.2, 0.25) is 0 Å². The topological polar surface area (TPSA) is 29.3 Å². The van der Waals surface area contributed by atoms with Crippen molar-refractivity contribution in [3.05, 3.63) is 35.4 Å². The molecule has 0 aromatic heterocycles. The van der Waals surface area contributed by atoms with E-state index in [1.165, 1.54) is 37.1 Å². The van der Waals surface area contributed by atoms with Gasteiger partial charge in [-0.25, -0.2) is 0 Å². The monoisotopic (exact) mass is 232 g/mol. The van der Waals surface area contributed by atoms with Gasteiger partial charge in [-0.05, 0) is 50.3 Å². The number of hydrogen-bond acceptors (Lipinski definition) is 2. The summed E-state index contributed by atoms with van der Waals surface area (Å²) in [7, 11) is 0. The Morgan fingerprint density at radius 2 is 2.24 bits per heavy atom. The first kappa shape index (κ1) is 12.6. The van der Waals surface area contributed by atoms with Gasteiger partial charge in [0, 0.05) is 19.1 Å². The molecule has 0 spiro atoms. The second kappa shape index (κ2) is 5.65. The standard InChI is InChI=1S/C15H24N2/c1-12(2)17-8-4-7-15(11-17)14-6-3-5-13(9-14)10-16/h3,5-6,9,12,15H,4,7-8,10-11,16H2,1-2H3. The van der Waals surface area contributed by atoms with Gasteiger partial charge in [-0.1, -0.05) is 24.3 Å². The lowest BCUT2D eigenvalue weighted by atomic mass is 9.89. The fourth-order valence-electron chi connectivity index (χ4n) is 2.72. The van der Waals surface area contributed by atoms with Crippen molar-refractivity contribution < 1.29 is 0 Å². The third-order valence-electron chi connectivity index (χ3n) is 3.84. The minimum absolute atomic E-state index is 0.647. The highest BCUT2D eigenvalue weighted by Crippen LogP contribution is 2.28. The predicted molar refractivity (Wildman–Crippen MR) is 73.0 cm³/mol. The summed E-state index contributed by atoms with van der Waals surface area (Å²) in [5.41, 5.74) is 8.44. The molecule has 1 aliphatic heterocycles. The quantitative estimate of drug-likeness (QED) is 0.868. The smallest absolute Gasteiger partial charge is 0.0178 e. The van der Waals surface area contributed by atoms with Gasteiger partial charge in [0.25, 0.3) is 0 Å². The van der Waals surface area contributed by atoms with Crippen molar-refractivity contribution in [1.82, 2.24) is 4.90 Å². The molecule has 0 radical (unpaired) electrons. The van der Waals surface area contributed by atoms with Gasteiger partial charge in [-0.2, -0.15) is 0 Å². The lowest BCUT2D eigenvalue weighted by Crippen LogP contribution is -2.39. The van der Waals surface area contributed by atoms with Crippen LogP contribution in [0.1, 0.15) is 43.7 Å². The van der Waals surface area contributed by atoms with E-state index in [2.05, 4.69) is 43.0 Å². The van der Waals surface area contributed by atoms with Gasteiger partial charge < -0.3 is 10.6 Å². The molecule has 1 saturated heterocycles. The second-order valence-corrected chi connectivity index (χ2v) is 5.38. The molecule has 17 heavy (non-hydrogen) atoms. The molecule has 2 heteroatoms. The Morgan fingerprint density at radius 1 is 1.41 bits per heavy atom. The van der Waals surface area contributed by atoms with Crippen LogP contribution in [0.25, 0.3) is 0 Å². The SMILES string of the molecule is CC(C)N1CCCC(c2cccc(CN)c2)C1. The Morgan fingerprint density at radius 3 is 2.94 bits per heavy atom. The predicted octanol–water partition coefficient (Wildman–Crippen LogP) is 2.73. The average molecular weight is 232 g/mol. The number of hydrogen-bond donors (Lipinski definition) is 1. The van der Waals surface area contributed by atoms with E-state index in [4.69, 9.17) is 5.73 Å². The number of nitrogens with zero attached hydrogens (tertiary/aromatic N) is 1. The largest absolute Gasteiger partial charge is 0.326 e. The van der Waals surface area contributed by atoms with Crippen LogP contribution >= 0.6 is 0 Å². The van der Waals surface area contributed by atoms with Crippen LogP contribution in [0.5, 0.6) is 0 Å². The van der Waals surface area contributed by atoms with Gasteiger partial charge in [0.15, 0.2) is 0 Å². The molecule has 2 N–H and O–H groups in total. The van der Waals surface area contributed by atoms with Crippen LogP contribution in [0.15, 0.2) is 24.3 Å². The number of nitrogens with two attached hydrogens (primary N) is 1. The Balaban J connectivity index is 2.10. The summed E-state index contributed by atoms with van der Waals surface area (Å²) in [5.74, 6) is 0.692. The van der Waals surface area contributed by atoms with Gasteiger partial charge in [0.05, 0.1) is 0 Å². The lowest BCUT2D eigenvalue weighted by molar-refractivity contribution is 0.167. The second-order valence-electron chi connectivity index (χ2n) is 5.38. The number of piperidine rings is 1. The average Bonchev–Trinajstić information content (AvgIpc) is 2.39. The highest BCUT2D eigenvalue weighted by Gasteiger charge is 2.22. The summed E-state index contributed by atoms with van der Waals surface area (Å²) in [5, 5.41) is 0. The molecular formula is C15H24N2. The maximum Gasteiger partial charge on any atom is 0.0178 e. The molecule has 1 aromatic carbocycles. The van der Waals surface area contributed by atoms with E-state index in [1.54, 1.807) is 0 Å². The van der Waals surface area contributed by atoms with Crippen molar-refractivity contribution in [1.29, 1.82) is 0 Å². The van der Waals surface area contributed by atoms with E-state index < -0.39 is 0 Å². The normalized spacial score (nSPS) is 22.0. The van der Waals surface area contributed by atoms with Crippen LogP contribution in [-0.2, 0) is 6.54 Å². The fourth-order valence-corrected chi connectivity index (χ4v) is 2.72. The van der Waals surface area contributed by atoms with Crippen LogP contribution in [0.4, 0.5) is 0 Å². The molecule has 1 aliphatic rings. The Kier molecular flexibility index (Phi) is 4.19. The van der Waals surface area contributed by atoms with Crippen molar-refractivity contribution in [2.75, 3.05) is 13.1 Å². The van der Waals surface area contributed by atoms with E-state index in [1.807, 2.05) is 0 Å². The lowest BCUT2D eigenvalue weighted by Gasteiger charge is -2.35. The molecule has 0 bridgehead atoms. The van der Waals surface area contributed by atoms with Crippen molar-refractivity contribution in [3.8, 4) is 0 Å². The molecule has 94 valence electrons. The van der Waals surface area contributed by atoms with Crippen molar-refractivity contribution in [2.45, 2.75) is 45.2 Å². The number of likely N-dealkylation sites (tertiary alicyclic amines) is 1. The molecular weight excluding hydrogens is 208 g/mol. The van der Waals surface area contributed by atoms with Crippen LogP contribution in [0, 0.1) is 0 Å². The molecule has 1 unspecified atom stereocenters. The van der Waals surface area contributed by atoms with Crippen molar-refractivity contribution in [2.24, 2.45) is 5.73 Å². The molecule has 0 saturated carbocycles. The van der Waals surface area contributed by atoms with Gasteiger partial charge in [-0.15, -0.1) is 0 Å². The van der Waals surface area contributed by atoms with Crippen LogP contribution < -0.4 is 5.73 Å². The van der Waals surface area contributed by atoms with Crippen LogP contribution in [-0.4, -0.2) is 24.0 Å². The third-order valence-corrected chi connectivity index (χ3v) is 3.84. The first-order chi connectivity index (χ1) is 8.20. The molecule has 0 amide bonds. The molecule has 0 aliphatic carbocycles. The van der Waals surface area contributed by atoms with Gasteiger partial charge in [0.1, 0.15) is 0 Å². The van der Waals surface area contributed by atoms with E-state index in [0.29, 0.717) is 18.5 Å². The fraction of sp³-hybridized carbons (Fsp3) is 0.600. The molecule has 1 aromatic rings. The van der Waals surface area contributed by atoms with Crippen LogP contribution in [0.3, 0.4) is 0 Å². The zero-order chi connectivity index (χ0) is 12.3. The van der Waals surface area contributed by atoms with Gasteiger partial charge in [-0.3, -0.25) is 0 Å². The molecule has 2 nitrogen and oxygen atoms in total. The van der Waals surface area contributed by atoms with E-state index in [-0.39, 0.29) is 0 Å². The summed E-state index contributed by atoms with van der Waals surface area (Å²) in [6, 6.07) is 9.47. The van der Waals surface area contributed by atoms with E-state index in [0.717, 1.165) is 0 Å². The number of rotatable bonds is 3. The van der Waals surface area contributed by atoms with Crippen molar-refractivity contribution in [3.63, 3.8) is 0 Å². The molecule has 1 fully saturated rings. The highest BCUT2D eigenvalue weighted by molar-refractivity contribution is 5.27. The van der Waals surface area contributed by atoms with Gasteiger partial charge in [0.2, 0.25) is 0 Å². The summed E-state index contributed by atoms with van der Waals surface area (Å²) in [4.78, 5) is 2.59. The van der Waals surface area contributed by atoms with Gasteiger partial charge >= 0.3 is 0 Å². The maximum absolute atomic E-state index is 5.71. The number of benzene rings is 1. The first-order valence-corrected chi connectivity index (χ1v) is 6.73. The first-order valence-electron chi connectivity index (χ1n) is 6.73. The Labute approximate surface area is 105 Å². The molecule has 2 rings (SSSR count). The Hall–Kier alpha value is -0.860. The summed E-state index contributed by atoms with van der Waals surface area (Å²) in [6.45, 7) is 7.68. The third kappa shape index (κ3) is 3.08. The Bertz CT molecular complexity index is 360. The summed E-state index contributed by atoms with van der Waals surface area (Å²) < 4.78 is 0. The molecule has 1 atom stereocenters. The zero-order valence-corrected chi connectivity index (χ0v) is 11.0. The van der Waals surface area contributed by atoms with E-state index >= 15 is 0 Å². The highest BCUT2D eigenvalue weighted by atomic mass is 15.2. The van der Waals surface area contributed by atoms with E-state index in [9.17, 15) is 0 Å². The molecule has 1 heterocycles. The van der Waals surface area contributed by atoms with Crippen molar-refractivity contribution >= 4 is 0 Å². The summed E-state index contributed by atoms with van der Waals surface area (Å²) >= 11 is 0.